The number of nitrogens with one attached hydrogen (secondary N) is 1. The number of benzene rings is 1. The summed E-state index contributed by atoms with van der Waals surface area (Å²) in [7, 11) is 0. The predicted molar refractivity (Wildman–Crippen MR) is 80.2 cm³/mol. The number of rotatable bonds is 8. The Bertz CT molecular complexity index is 542. The standard InChI is InChI=1S/C15H21FN2O4/c1-3-7-15(20,8-4-2)10-17-14(19)12-6-5-11(18(21)22)9-13(12)16/h5-6,9,20H,3-4,7-8,10H2,1-2H3,(H,17,19). The van der Waals surface area contributed by atoms with Gasteiger partial charge in [0, 0.05) is 12.6 Å². The van der Waals surface area contributed by atoms with Crippen LogP contribution in [0.15, 0.2) is 18.2 Å². The predicted octanol–water partition coefficient (Wildman–Crippen LogP) is 2.80. The number of hydrogen-bond donors (Lipinski definition) is 2. The van der Waals surface area contributed by atoms with Gasteiger partial charge < -0.3 is 10.4 Å². The topological polar surface area (TPSA) is 92.5 Å². The lowest BCUT2D eigenvalue weighted by atomic mass is 9.92. The molecule has 0 spiro atoms. The summed E-state index contributed by atoms with van der Waals surface area (Å²) < 4.78 is 13.7. The number of nitro benzene ring substituents is 1. The van der Waals surface area contributed by atoms with Crippen molar-refractivity contribution < 1.29 is 19.2 Å². The maximum absolute atomic E-state index is 13.7. The number of amides is 1. The molecule has 0 aliphatic rings. The van der Waals surface area contributed by atoms with E-state index in [4.69, 9.17) is 0 Å². The smallest absolute Gasteiger partial charge is 0.272 e. The Balaban J connectivity index is 2.78. The van der Waals surface area contributed by atoms with Crippen molar-refractivity contribution in [3.05, 3.63) is 39.7 Å². The molecule has 7 heteroatoms. The van der Waals surface area contributed by atoms with Crippen LogP contribution in [0.5, 0.6) is 0 Å². The first-order valence-electron chi connectivity index (χ1n) is 7.27. The van der Waals surface area contributed by atoms with Gasteiger partial charge in [0.1, 0.15) is 5.82 Å². The molecule has 122 valence electrons. The summed E-state index contributed by atoms with van der Waals surface area (Å²) >= 11 is 0. The van der Waals surface area contributed by atoms with Crippen LogP contribution in [-0.4, -0.2) is 28.1 Å². The lowest BCUT2D eigenvalue weighted by Gasteiger charge is -2.27. The fourth-order valence-corrected chi connectivity index (χ4v) is 2.37. The lowest BCUT2D eigenvalue weighted by Crippen LogP contribution is -2.43. The van der Waals surface area contributed by atoms with Crippen molar-refractivity contribution in [3.8, 4) is 0 Å². The Labute approximate surface area is 128 Å². The molecule has 0 heterocycles. The number of non-ortho nitro benzene ring substituents is 1. The van der Waals surface area contributed by atoms with E-state index in [0.29, 0.717) is 18.9 Å². The zero-order valence-electron chi connectivity index (χ0n) is 12.8. The molecule has 0 atom stereocenters. The normalized spacial score (nSPS) is 11.3. The van der Waals surface area contributed by atoms with E-state index in [1.807, 2.05) is 13.8 Å². The molecule has 0 aliphatic heterocycles. The number of carbonyl (C=O) groups is 1. The summed E-state index contributed by atoms with van der Waals surface area (Å²) in [6.07, 6.45) is 2.59. The Morgan fingerprint density at radius 1 is 1.36 bits per heavy atom. The number of aliphatic hydroxyl groups is 1. The van der Waals surface area contributed by atoms with E-state index in [2.05, 4.69) is 5.32 Å². The van der Waals surface area contributed by atoms with Crippen LogP contribution in [-0.2, 0) is 0 Å². The van der Waals surface area contributed by atoms with Gasteiger partial charge in [0.05, 0.1) is 22.2 Å². The van der Waals surface area contributed by atoms with Crippen molar-refractivity contribution in [2.45, 2.75) is 45.1 Å². The molecule has 22 heavy (non-hydrogen) atoms. The zero-order valence-corrected chi connectivity index (χ0v) is 12.8. The fourth-order valence-electron chi connectivity index (χ4n) is 2.37. The van der Waals surface area contributed by atoms with Crippen LogP contribution in [0, 0.1) is 15.9 Å². The van der Waals surface area contributed by atoms with Gasteiger partial charge in [-0.2, -0.15) is 0 Å². The first kappa shape index (κ1) is 18.0. The summed E-state index contributed by atoms with van der Waals surface area (Å²) in [5.74, 6) is -1.65. The quantitative estimate of drug-likeness (QED) is 0.570. The van der Waals surface area contributed by atoms with Crippen LogP contribution in [0.2, 0.25) is 0 Å². The number of nitrogens with zero attached hydrogens (tertiary/aromatic N) is 1. The van der Waals surface area contributed by atoms with Gasteiger partial charge in [-0.25, -0.2) is 4.39 Å². The third kappa shape index (κ3) is 4.77. The van der Waals surface area contributed by atoms with Crippen LogP contribution in [0.25, 0.3) is 0 Å². The first-order chi connectivity index (χ1) is 10.3. The van der Waals surface area contributed by atoms with Crippen LogP contribution in [0.4, 0.5) is 10.1 Å². The highest BCUT2D eigenvalue weighted by molar-refractivity contribution is 5.94. The largest absolute Gasteiger partial charge is 0.388 e. The molecule has 0 aromatic heterocycles. The molecule has 0 aliphatic carbocycles. The van der Waals surface area contributed by atoms with E-state index >= 15 is 0 Å². The van der Waals surface area contributed by atoms with Crippen LogP contribution in [0.1, 0.15) is 49.9 Å². The summed E-state index contributed by atoms with van der Waals surface area (Å²) in [6, 6.07) is 2.85. The first-order valence-corrected chi connectivity index (χ1v) is 7.27. The number of halogens is 1. The molecule has 0 saturated heterocycles. The van der Waals surface area contributed by atoms with E-state index in [0.717, 1.165) is 25.0 Å². The average Bonchev–Trinajstić information content (AvgIpc) is 2.45. The van der Waals surface area contributed by atoms with Crippen LogP contribution in [0.3, 0.4) is 0 Å². The molecular formula is C15H21FN2O4. The Morgan fingerprint density at radius 3 is 2.41 bits per heavy atom. The van der Waals surface area contributed by atoms with Gasteiger partial charge in [0.15, 0.2) is 0 Å². The maximum Gasteiger partial charge on any atom is 0.272 e. The molecule has 0 radical (unpaired) electrons. The molecule has 1 aromatic rings. The van der Waals surface area contributed by atoms with Gasteiger partial charge in [0.2, 0.25) is 0 Å². The van der Waals surface area contributed by atoms with Gasteiger partial charge in [-0.15, -0.1) is 0 Å². The minimum absolute atomic E-state index is 0.0178. The van der Waals surface area contributed by atoms with Crippen molar-refractivity contribution in [2.75, 3.05) is 6.54 Å². The third-order valence-electron chi connectivity index (χ3n) is 3.42. The molecule has 0 saturated carbocycles. The molecule has 0 fully saturated rings. The maximum atomic E-state index is 13.7. The second kappa shape index (κ2) is 7.84. The van der Waals surface area contributed by atoms with Crippen molar-refractivity contribution in [1.29, 1.82) is 0 Å². The molecule has 0 unspecified atom stereocenters. The van der Waals surface area contributed by atoms with Gasteiger partial charge in [-0.05, 0) is 18.9 Å². The summed E-state index contributed by atoms with van der Waals surface area (Å²) in [4.78, 5) is 21.8. The molecular weight excluding hydrogens is 291 g/mol. The monoisotopic (exact) mass is 312 g/mol. The summed E-state index contributed by atoms with van der Waals surface area (Å²) in [5, 5.41) is 23.4. The SMILES string of the molecule is CCCC(O)(CCC)CNC(=O)c1ccc([N+](=O)[O-])cc1F. The van der Waals surface area contributed by atoms with Crippen molar-refractivity contribution >= 4 is 11.6 Å². The zero-order chi connectivity index (χ0) is 16.8. The molecule has 2 N–H and O–H groups in total. The second-order valence-corrected chi connectivity index (χ2v) is 5.33. The van der Waals surface area contributed by atoms with Crippen molar-refractivity contribution in [2.24, 2.45) is 0 Å². The third-order valence-corrected chi connectivity index (χ3v) is 3.42. The summed E-state index contributed by atoms with van der Waals surface area (Å²) in [6.45, 7) is 3.88. The van der Waals surface area contributed by atoms with Crippen LogP contribution < -0.4 is 5.32 Å². The van der Waals surface area contributed by atoms with E-state index in [1.165, 1.54) is 0 Å². The van der Waals surface area contributed by atoms with Crippen molar-refractivity contribution in [3.63, 3.8) is 0 Å². The average molecular weight is 312 g/mol. The lowest BCUT2D eigenvalue weighted by molar-refractivity contribution is -0.385. The van der Waals surface area contributed by atoms with Gasteiger partial charge in [-0.1, -0.05) is 26.7 Å². The van der Waals surface area contributed by atoms with Crippen LogP contribution >= 0.6 is 0 Å². The minimum atomic E-state index is -1.02. The van der Waals surface area contributed by atoms with E-state index in [1.54, 1.807) is 0 Å². The molecule has 1 aromatic carbocycles. The molecule has 1 rings (SSSR count). The van der Waals surface area contributed by atoms with Gasteiger partial charge in [-0.3, -0.25) is 14.9 Å². The van der Waals surface area contributed by atoms with E-state index in [9.17, 15) is 24.4 Å². The van der Waals surface area contributed by atoms with Gasteiger partial charge >= 0.3 is 0 Å². The Morgan fingerprint density at radius 2 is 1.95 bits per heavy atom. The second-order valence-electron chi connectivity index (χ2n) is 5.33. The Hall–Kier alpha value is -2.02. The summed E-state index contributed by atoms with van der Waals surface area (Å²) in [5.41, 5.74) is -1.71. The van der Waals surface area contributed by atoms with Crippen molar-refractivity contribution in [1.82, 2.24) is 5.32 Å². The number of nitro groups is 1. The highest BCUT2D eigenvalue weighted by Gasteiger charge is 2.26. The fraction of sp³-hybridized carbons (Fsp3) is 0.533. The molecule has 0 bridgehead atoms. The highest BCUT2D eigenvalue weighted by atomic mass is 19.1. The van der Waals surface area contributed by atoms with E-state index < -0.39 is 27.9 Å². The van der Waals surface area contributed by atoms with E-state index in [-0.39, 0.29) is 12.1 Å². The molecule has 6 nitrogen and oxygen atoms in total. The molecule has 1 amide bonds. The Kier molecular flexibility index (Phi) is 6.42. The van der Waals surface area contributed by atoms with Gasteiger partial charge in [0.25, 0.3) is 11.6 Å². The minimum Gasteiger partial charge on any atom is -0.388 e. The number of hydrogen-bond acceptors (Lipinski definition) is 4. The number of carbonyl (C=O) groups excluding carboxylic acids is 1. The highest BCUT2D eigenvalue weighted by Crippen LogP contribution is 2.20.